The Bertz CT molecular complexity index is 691. The molecule has 0 aromatic carbocycles. The summed E-state index contributed by atoms with van der Waals surface area (Å²) in [7, 11) is 0. The Morgan fingerprint density at radius 3 is 2.70 bits per heavy atom. The number of esters is 1. The lowest BCUT2D eigenvalue weighted by Crippen LogP contribution is -2.07. The van der Waals surface area contributed by atoms with E-state index in [4.69, 9.17) is 4.74 Å². The number of carbonyl (C=O) groups is 2. The van der Waals surface area contributed by atoms with E-state index < -0.39 is 0 Å². The molecule has 2 aromatic heterocycles. The Labute approximate surface area is 137 Å². The van der Waals surface area contributed by atoms with E-state index in [-0.39, 0.29) is 17.6 Å². The summed E-state index contributed by atoms with van der Waals surface area (Å²) in [5, 5.41) is 3.13. The highest BCUT2D eigenvalue weighted by Crippen LogP contribution is 2.19. The Morgan fingerprint density at radius 1 is 1.22 bits per heavy atom. The van der Waals surface area contributed by atoms with Gasteiger partial charge in [0.1, 0.15) is 0 Å². The fourth-order valence-corrected chi connectivity index (χ4v) is 2.33. The van der Waals surface area contributed by atoms with E-state index in [1.807, 2.05) is 0 Å². The minimum atomic E-state index is -0.302. The zero-order valence-corrected chi connectivity index (χ0v) is 13.6. The van der Waals surface area contributed by atoms with E-state index in [0.29, 0.717) is 28.8 Å². The quantitative estimate of drug-likeness (QED) is 0.492. The van der Waals surface area contributed by atoms with E-state index >= 15 is 0 Å². The number of rotatable bonds is 6. The molecule has 1 amide bonds. The van der Waals surface area contributed by atoms with Crippen molar-refractivity contribution in [2.45, 2.75) is 19.0 Å². The molecule has 0 bridgehead atoms. The van der Waals surface area contributed by atoms with Crippen LogP contribution in [0.5, 0.6) is 0 Å². The van der Waals surface area contributed by atoms with Crippen LogP contribution >= 0.6 is 11.8 Å². The van der Waals surface area contributed by atoms with Crippen molar-refractivity contribution in [3.63, 3.8) is 0 Å². The smallest absolute Gasteiger partial charge is 0.316 e. The van der Waals surface area contributed by atoms with Crippen LogP contribution in [0.1, 0.15) is 13.8 Å². The lowest BCUT2D eigenvalue weighted by Gasteiger charge is -2.05. The SMILES string of the molecule is CCOC(=O)CSc1nccc(-c2ccc(NC(C)=O)cn2)n1. The van der Waals surface area contributed by atoms with Gasteiger partial charge >= 0.3 is 5.97 Å². The van der Waals surface area contributed by atoms with Gasteiger partial charge in [-0.1, -0.05) is 11.8 Å². The van der Waals surface area contributed by atoms with Crippen LogP contribution in [0.4, 0.5) is 5.69 Å². The van der Waals surface area contributed by atoms with Gasteiger partial charge in [-0.15, -0.1) is 0 Å². The highest BCUT2D eigenvalue weighted by Gasteiger charge is 2.08. The van der Waals surface area contributed by atoms with Gasteiger partial charge in [0.15, 0.2) is 5.16 Å². The number of nitrogens with one attached hydrogen (secondary N) is 1. The monoisotopic (exact) mass is 332 g/mol. The Morgan fingerprint density at radius 2 is 2.04 bits per heavy atom. The Hall–Kier alpha value is -2.48. The molecule has 0 saturated carbocycles. The standard InChI is InChI=1S/C15H16N4O3S/c1-3-22-14(21)9-23-15-16-7-6-13(19-15)12-5-4-11(8-17-12)18-10(2)20/h4-8H,3,9H2,1-2H3,(H,18,20). The summed E-state index contributed by atoms with van der Waals surface area (Å²) in [5.41, 5.74) is 1.91. The Kier molecular flexibility index (Phi) is 6.04. The number of carbonyl (C=O) groups excluding carboxylic acids is 2. The molecule has 120 valence electrons. The van der Waals surface area contributed by atoms with Gasteiger partial charge in [-0.05, 0) is 25.1 Å². The average molecular weight is 332 g/mol. The number of pyridine rings is 1. The number of aromatic nitrogens is 3. The number of nitrogens with zero attached hydrogens (tertiary/aromatic N) is 3. The van der Waals surface area contributed by atoms with Crippen molar-refractivity contribution in [1.29, 1.82) is 0 Å². The molecule has 0 aliphatic carbocycles. The fourth-order valence-electron chi connectivity index (χ4n) is 1.70. The molecular weight excluding hydrogens is 316 g/mol. The minimum Gasteiger partial charge on any atom is -0.465 e. The summed E-state index contributed by atoms with van der Waals surface area (Å²) in [4.78, 5) is 35.1. The molecule has 0 aliphatic rings. The summed E-state index contributed by atoms with van der Waals surface area (Å²) in [5.74, 6) is -0.296. The van der Waals surface area contributed by atoms with E-state index in [1.54, 1.807) is 37.5 Å². The molecule has 0 unspecified atom stereocenters. The number of thioether (sulfide) groups is 1. The van der Waals surface area contributed by atoms with Gasteiger partial charge in [-0.3, -0.25) is 14.6 Å². The normalized spacial score (nSPS) is 10.2. The molecule has 2 rings (SSSR count). The number of hydrogen-bond donors (Lipinski definition) is 1. The number of hydrogen-bond acceptors (Lipinski definition) is 7. The van der Waals surface area contributed by atoms with Crippen molar-refractivity contribution in [2.24, 2.45) is 0 Å². The third kappa shape index (κ3) is 5.33. The predicted molar refractivity (Wildman–Crippen MR) is 86.9 cm³/mol. The highest BCUT2D eigenvalue weighted by atomic mass is 32.2. The van der Waals surface area contributed by atoms with Crippen molar-refractivity contribution in [1.82, 2.24) is 15.0 Å². The van der Waals surface area contributed by atoms with Crippen LogP contribution in [0.2, 0.25) is 0 Å². The molecule has 7 nitrogen and oxygen atoms in total. The maximum atomic E-state index is 11.4. The average Bonchev–Trinajstić information content (AvgIpc) is 2.54. The highest BCUT2D eigenvalue weighted by molar-refractivity contribution is 7.99. The van der Waals surface area contributed by atoms with E-state index in [1.165, 1.54) is 18.7 Å². The second kappa shape index (κ2) is 8.23. The second-order valence-corrected chi connectivity index (χ2v) is 5.37. The van der Waals surface area contributed by atoms with Crippen molar-refractivity contribution >= 4 is 29.3 Å². The second-order valence-electron chi connectivity index (χ2n) is 4.43. The van der Waals surface area contributed by atoms with Crippen LogP contribution in [-0.4, -0.2) is 39.2 Å². The van der Waals surface area contributed by atoms with Crippen LogP contribution in [-0.2, 0) is 14.3 Å². The molecule has 2 aromatic rings. The van der Waals surface area contributed by atoms with Gasteiger partial charge in [-0.25, -0.2) is 9.97 Å². The molecule has 0 radical (unpaired) electrons. The molecule has 0 aliphatic heterocycles. The molecule has 0 spiro atoms. The summed E-state index contributed by atoms with van der Waals surface area (Å²) < 4.78 is 4.86. The summed E-state index contributed by atoms with van der Waals surface area (Å²) >= 11 is 1.21. The molecule has 1 N–H and O–H groups in total. The van der Waals surface area contributed by atoms with Crippen molar-refractivity contribution in [3.8, 4) is 11.4 Å². The van der Waals surface area contributed by atoms with Gasteiger partial charge in [0, 0.05) is 13.1 Å². The van der Waals surface area contributed by atoms with E-state index in [2.05, 4.69) is 20.3 Å². The zero-order chi connectivity index (χ0) is 16.7. The molecule has 0 fully saturated rings. The van der Waals surface area contributed by atoms with Crippen LogP contribution in [0.15, 0.2) is 35.7 Å². The van der Waals surface area contributed by atoms with E-state index in [0.717, 1.165) is 0 Å². The van der Waals surface area contributed by atoms with Gasteiger partial charge in [-0.2, -0.15) is 0 Å². The summed E-state index contributed by atoms with van der Waals surface area (Å²) in [6.07, 6.45) is 3.17. The first-order chi connectivity index (χ1) is 11.1. The third-order valence-electron chi connectivity index (χ3n) is 2.60. The zero-order valence-electron chi connectivity index (χ0n) is 12.8. The molecule has 2 heterocycles. The number of ether oxygens (including phenoxy) is 1. The van der Waals surface area contributed by atoms with Crippen LogP contribution in [0.25, 0.3) is 11.4 Å². The van der Waals surface area contributed by atoms with Crippen LogP contribution < -0.4 is 5.32 Å². The predicted octanol–water partition coefficient (Wildman–Crippen LogP) is 2.15. The van der Waals surface area contributed by atoms with Crippen molar-refractivity contribution in [2.75, 3.05) is 17.7 Å². The minimum absolute atomic E-state index is 0.153. The molecular formula is C15H16N4O3S. The van der Waals surface area contributed by atoms with Crippen molar-refractivity contribution in [3.05, 3.63) is 30.6 Å². The topological polar surface area (TPSA) is 94.1 Å². The molecule has 0 atom stereocenters. The van der Waals surface area contributed by atoms with Gasteiger partial charge in [0.05, 0.1) is 35.6 Å². The van der Waals surface area contributed by atoms with Gasteiger partial charge < -0.3 is 10.1 Å². The van der Waals surface area contributed by atoms with Gasteiger partial charge in [0.2, 0.25) is 5.91 Å². The van der Waals surface area contributed by atoms with Crippen LogP contribution in [0.3, 0.4) is 0 Å². The summed E-state index contributed by atoms with van der Waals surface area (Å²) in [6.45, 7) is 3.55. The number of amides is 1. The molecule has 8 heteroatoms. The summed E-state index contributed by atoms with van der Waals surface area (Å²) in [6, 6.07) is 5.24. The van der Waals surface area contributed by atoms with Gasteiger partial charge in [0.25, 0.3) is 0 Å². The lowest BCUT2D eigenvalue weighted by atomic mass is 10.2. The maximum absolute atomic E-state index is 11.4. The lowest BCUT2D eigenvalue weighted by molar-refractivity contribution is -0.139. The number of anilines is 1. The van der Waals surface area contributed by atoms with Crippen LogP contribution in [0, 0.1) is 0 Å². The van der Waals surface area contributed by atoms with Crippen molar-refractivity contribution < 1.29 is 14.3 Å². The first kappa shape index (κ1) is 16.9. The first-order valence-electron chi connectivity index (χ1n) is 6.94. The maximum Gasteiger partial charge on any atom is 0.316 e. The molecule has 0 saturated heterocycles. The molecule has 23 heavy (non-hydrogen) atoms. The third-order valence-corrected chi connectivity index (χ3v) is 3.44. The van der Waals surface area contributed by atoms with E-state index in [9.17, 15) is 9.59 Å². The first-order valence-corrected chi connectivity index (χ1v) is 7.92. The largest absolute Gasteiger partial charge is 0.465 e. The fraction of sp³-hybridized carbons (Fsp3) is 0.267. The Balaban J connectivity index is 2.06.